The monoisotopic (exact) mass is 276 g/mol. The van der Waals surface area contributed by atoms with Crippen LogP contribution < -0.4 is 5.32 Å². The Balaban J connectivity index is 2.77. The maximum Gasteiger partial charge on any atom is 0.254 e. The summed E-state index contributed by atoms with van der Waals surface area (Å²) >= 11 is 0. The van der Waals surface area contributed by atoms with E-state index in [0.29, 0.717) is 5.56 Å². The molecule has 0 bridgehead atoms. The standard InChI is InChI=1S/C16H24N2O2/c1-11-8-7-9-13(12(11)2)15(20)18(6)10-14(19)17-16(3,4)5/h7-9H,10H2,1-6H3,(H,17,19). The van der Waals surface area contributed by atoms with E-state index in [-0.39, 0.29) is 23.9 Å². The molecule has 1 aromatic rings. The minimum atomic E-state index is -0.291. The summed E-state index contributed by atoms with van der Waals surface area (Å²) in [7, 11) is 1.65. The normalized spacial score (nSPS) is 11.1. The van der Waals surface area contributed by atoms with Gasteiger partial charge in [-0.25, -0.2) is 0 Å². The van der Waals surface area contributed by atoms with Gasteiger partial charge in [-0.1, -0.05) is 12.1 Å². The first-order chi connectivity index (χ1) is 9.11. The third-order valence-corrected chi connectivity index (χ3v) is 3.08. The van der Waals surface area contributed by atoms with Crippen molar-refractivity contribution in [2.75, 3.05) is 13.6 Å². The second kappa shape index (κ2) is 6.07. The molecule has 1 rings (SSSR count). The number of carbonyl (C=O) groups is 2. The van der Waals surface area contributed by atoms with E-state index in [9.17, 15) is 9.59 Å². The third kappa shape index (κ3) is 4.37. The molecule has 0 fully saturated rings. The van der Waals surface area contributed by atoms with E-state index < -0.39 is 0 Å². The molecule has 0 atom stereocenters. The number of nitrogens with one attached hydrogen (secondary N) is 1. The van der Waals surface area contributed by atoms with Crippen LogP contribution in [-0.2, 0) is 4.79 Å². The summed E-state index contributed by atoms with van der Waals surface area (Å²) in [5.74, 6) is -0.283. The summed E-state index contributed by atoms with van der Waals surface area (Å²) in [4.78, 5) is 25.7. The second-order valence-electron chi connectivity index (χ2n) is 6.21. The molecule has 0 saturated heterocycles. The zero-order valence-electron chi connectivity index (χ0n) is 13.2. The molecule has 4 heteroatoms. The molecular formula is C16H24N2O2. The molecule has 0 aliphatic rings. The average molecular weight is 276 g/mol. The van der Waals surface area contributed by atoms with Gasteiger partial charge < -0.3 is 10.2 Å². The highest BCUT2D eigenvalue weighted by molar-refractivity contribution is 5.97. The summed E-state index contributed by atoms with van der Waals surface area (Å²) in [6.07, 6.45) is 0. The van der Waals surface area contributed by atoms with Crippen molar-refractivity contribution >= 4 is 11.8 Å². The molecule has 4 nitrogen and oxygen atoms in total. The number of hydrogen-bond donors (Lipinski definition) is 1. The maximum atomic E-state index is 12.4. The number of amides is 2. The van der Waals surface area contributed by atoms with Crippen molar-refractivity contribution in [1.29, 1.82) is 0 Å². The zero-order valence-corrected chi connectivity index (χ0v) is 13.2. The lowest BCUT2D eigenvalue weighted by Crippen LogP contribution is -2.46. The molecule has 110 valence electrons. The van der Waals surface area contributed by atoms with Crippen molar-refractivity contribution in [3.8, 4) is 0 Å². The van der Waals surface area contributed by atoms with Gasteiger partial charge in [-0.2, -0.15) is 0 Å². The second-order valence-corrected chi connectivity index (χ2v) is 6.21. The number of hydrogen-bond acceptors (Lipinski definition) is 2. The van der Waals surface area contributed by atoms with Crippen molar-refractivity contribution in [3.05, 3.63) is 34.9 Å². The SMILES string of the molecule is Cc1cccc(C(=O)N(C)CC(=O)NC(C)(C)C)c1C. The van der Waals surface area contributed by atoms with Gasteiger partial charge in [0, 0.05) is 18.2 Å². The van der Waals surface area contributed by atoms with Crippen molar-refractivity contribution in [2.45, 2.75) is 40.2 Å². The Labute approximate surface area is 121 Å². The summed E-state index contributed by atoms with van der Waals surface area (Å²) < 4.78 is 0. The summed E-state index contributed by atoms with van der Waals surface area (Å²) in [5.41, 5.74) is 2.39. The molecule has 0 aliphatic carbocycles. The van der Waals surface area contributed by atoms with Gasteiger partial charge in [-0.15, -0.1) is 0 Å². The predicted molar refractivity (Wildman–Crippen MR) is 80.8 cm³/mol. The lowest BCUT2D eigenvalue weighted by Gasteiger charge is -2.24. The van der Waals surface area contributed by atoms with Crippen LogP contribution in [0, 0.1) is 13.8 Å². The van der Waals surface area contributed by atoms with Crippen LogP contribution in [0.25, 0.3) is 0 Å². The molecule has 0 heterocycles. The van der Waals surface area contributed by atoms with Gasteiger partial charge in [-0.3, -0.25) is 9.59 Å². The number of benzene rings is 1. The van der Waals surface area contributed by atoms with E-state index in [2.05, 4.69) is 5.32 Å². The van der Waals surface area contributed by atoms with E-state index in [1.54, 1.807) is 13.1 Å². The van der Waals surface area contributed by atoms with E-state index in [1.807, 2.05) is 46.8 Å². The van der Waals surface area contributed by atoms with Crippen molar-refractivity contribution in [1.82, 2.24) is 10.2 Å². The molecule has 0 unspecified atom stereocenters. The van der Waals surface area contributed by atoms with Crippen LogP contribution in [-0.4, -0.2) is 35.8 Å². The Hall–Kier alpha value is -1.84. The summed E-state index contributed by atoms with van der Waals surface area (Å²) in [6.45, 7) is 9.69. The summed E-state index contributed by atoms with van der Waals surface area (Å²) in [5, 5.41) is 2.85. The zero-order chi connectivity index (χ0) is 15.5. The molecule has 0 aromatic heterocycles. The molecule has 0 saturated carbocycles. The lowest BCUT2D eigenvalue weighted by molar-refractivity contribution is -0.122. The Morgan fingerprint density at radius 2 is 1.80 bits per heavy atom. The highest BCUT2D eigenvalue weighted by atomic mass is 16.2. The molecule has 0 radical (unpaired) electrons. The van der Waals surface area contributed by atoms with Gasteiger partial charge in [-0.05, 0) is 51.8 Å². The molecule has 20 heavy (non-hydrogen) atoms. The van der Waals surface area contributed by atoms with Crippen LogP contribution in [0.4, 0.5) is 0 Å². The first kappa shape index (κ1) is 16.2. The number of aryl methyl sites for hydroxylation is 1. The minimum Gasteiger partial charge on any atom is -0.350 e. The van der Waals surface area contributed by atoms with Crippen LogP contribution >= 0.6 is 0 Å². The fourth-order valence-corrected chi connectivity index (χ4v) is 1.93. The van der Waals surface area contributed by atoms with Crippen molar-refractivity contribution < 1.29 is 9.59 Å². The Morgan fingerprint density at radius 3 is 2.35 bits per heavy atom. The Bertz CT molecular complexity index is 516. The van der Waals surface area contributed by atoms with E-state index >= 15 is 0 Å². The third-order valence-electron chi connectivity index (χ3n) is 3.08. The van der Waals surface area contributed by atoms with Gasteiger partial charge in [0.05, 0.1) is 6.54 Å². The number of nitrogens with zero attached hydrogens (tertiary/aromatic N) is 1. The Morgan fingerprint density at radius 1 is 1.20 bits per heavy atom. The number of carbonyl (C=O) groups excluding carboxylic acids is 2. The average Bonchev–Trinajstić information content (AvgIpc) is 2.29. The van der Waals surface area contributed by atoms with Crippen LogP contribution in [0.15, 0.2) is 18.2 Å². The van der Waals surface area contributed by atoms with Crippen molar-refractivity contribution in [2.24, 2.45) is 0 Å². The van der Waals surface area contributed by atoms with Gasteiger partial charge >= 0.3 is 0 Å². The predicted octanol–water partition coefficient (Wildman–Crippen LogP) is 2.29. The molecule has 2 amide bonds. The molecule has 1 N–H and O–H groups in total. The minimum absolute atomic E-state index is 0.0590. The highest BCUT2D eigenvalue weighted by Crippen LogP contribution is 2.14. The van der Waals surface area contributed by atoms with E-state index in [0.717, 1.165) is 11.1 Å². The number of likely N-dealkylation sites (N-methyl/N-ethyl adjacent to an activating group) is 1. The van der Waals surface area contributed by atoms with Gasteiger partial charge in [0.2, 0.25) is 5.91 Å². The molecular weight excluding hydrogens is 252 g/mol. The molecule has 1 aromatic carbocycles. The lowest BCUT2D eigenvalue weighted by atomic mass is 10.0. The van der Waals surface area contributed by atoms with Crippen LogP contribution in [0.3, 0.4) is 0 Å². The van der Waals surface area contributed by atoms with E-state index in [1.165, 1.54) is 4.90 Å². The van der Waals surface area contributed by atoms with Crippen LogP contribution in [0.5, 0.6) is 0 Å². The first-order valence-corrected chi connectivity index (χ1v) is 6.74. The van der Waals surface area contributed by atoms with Crippen LogP contribution in [0.2, 0.25) is 0 Å². The van der Waals surface area contributed by atoms with Crippen LogP contribution in [0.1, 0.15) is 42.3 Å². The van der Waals surface area contributed by atoms with Crippen molar-refractivity contribution in [3.63, 3.8) is 0 Å². The number of rotatable bonds is 3. The largest absolute Gasteiger partial charge is 0.350 e. The van der Waals surface area contributed by atoms with Gasteiger partial charge in [0.15, 0.2) is 0 Å². The fourth-order valence-electron chi connectivity index (χ4n) is 1.93. The summed E-state index contributed by atoms with van der Waals surface area (Å²) in [6, 6.07) is 5.62. The maximum absolute atomic E-state index is 12.4. The van der Waals surface area contributed by atoms with E-state index in [4.69, 9.17) is 0 Å². The first-order valence-electron chi connectivity index (χ1n) is 6.74. The topological polar surface area (TPSA) is 49.4 Å². The fraction of sp³-hybridized carbons (Fsp3) is 0.500. The smallest absolute Gasteiger partial charge is 0.254 e. The Kier molecular flexibility index (Phi) is 4.93. The molecule has 0 aliphatic heterocycles. The van der Waals surface area contributed by atoms with Gasteiger partial charge in [0.25, 0.3) is 5.91 Å². The molecule has 0 spiro atoms. The highest BCUT2D eigenvalue weighted by Gasteiger charge is 2.19. The van der Waals surface area contributed by atoms with Gasteiger partial charge in [0.1, 0.15) is 0 Å². The quantitative estimate of drug-likeness (QED) is 0.921.